The van der Waals surface area contributed by atoms with E-state index in [2.05, 4.69) is 20.2 Å². The average Bonchev–Trinajstić information content (AvgIpc) is 3.06. The Labute approximate surface area is 117 Å². The summed E-state index contributed by atoms with van der Waals surface area (Å²) in [5.41, 5.74) is 0. The van der Waals surface area contributed by atoms with Gasteiger partial charge in [0.25, 0.3) is 0 Å². The number of nitrogens with one attached hydrogen (secondary N) is 1. The van der Waals surface area contributed by atoms with Crippen LogP contribution in [0.15, 0.2) is 4.52 Å². The zero-order valence-electron chi connectivity index (χ0n) is 11.2. The number of hydrogen-bond donors (Lipinski definition) is 1. The molecule has 1 aliphatic rings. The molecule has 0 radical (unpaired) electrons. The number of ether oxygens (including phenoxy) is 2. The Morgan fingerprint density at radius 3 is 2.86 bits per heavy atom. The molecule has 0 saturated carbocycles. The van der Waals surface area contributed by atoms with Gasteiger partial charge in [-0.2, -0.15) is 13.8 Å². The van der Waals surface area contributed by atoms with Crippen LogP contribution in [-0.2, 0) is 16.1 Å². The van der Waals surface area contributed by atoms with Gasteiger partial charge >= 0.3 is 12.3 Å². The van der Waals surface area contributed by atoms with Gasteiger partial charge in [-0.25, -0.2) is 8.78 Å². The molecule has 1 aromatic heterocycles. The molecule has 6 nitrogen and oxygen atoms in total. The highest BCUT2D eigenvalue weighted by Gasteiger charge is 2.41. The van der Waals surface area contributed by atoms with E-state index in [0.717, 1.165) is 0 Å². The van der Waals surface area contributed by atoms with Crippen LogP contribution in [-0.4, -0.2) is 48.9 Å². The maximum atomic E-state index is 12.6. The molecule has 0 aromatic carbocycles. The molecule has 0 aliphatic carbocycles. The highest BCUT2D eigenvalue weighted by molar-refractivity contribution is 4.97. The number of aromatic nitrogens is 2. The van der Waals surface area contributed by atoms with Gasteiger partial charge in [0.2, 0.25) is 5.89 Å². The van der Waals surface area contributed by atoms with Crippen molar-refractivity contribution in [3.8, 4) is 0 Å². The molecule has 0 amide bonds. The second-order valence-corrected chi connectivity index (χ2v) is 4.66. The lowest BCUT2D eigenvalue weighted by Gasteiger charge is -2.14. The zero-order valence-corrected chi connectivity index (χ0v) is 11.2. The summed E-state index contributed by atoms with van der Waals surface area (Å²) >= 11 is 0. The molecule has 1 saturated heterocycles. The minimum atomic E-state index is -4.19. The van der Waals surface area contributed by atoms with Crippen molar-refractivity contribution in [3.05, 3.63) is 11.7 Å². The molecule has 21 heavy (non-hydrogen) atoms. The predicted octanol–water partition coefficient (Wildman–Crippen LogP) is 1.54. The maximum absolute atomic E-state index is 12.6. The predicted molar refractivity (Wildman–Crippen MR) is 61.1 cm³/mol. The van der Waals surface area contributed by atoms with Crippen molar-refractivity contribution in [1.82, 2.24) is 15.5 Å². The van der Waals surface area contributed by atoms with Crippen molar-refractivity contribution in [2.24, 2.45) is 0 Å². The van der Waals surface area contributed by atoms with E-state index in [1.54, 1.807) is 7.11 Å². The first kappa shape index (κ1) is 16.1. The van der Waals surface area contributed by atoms with Crippen LogP contribution >= 0.6 is 0 Å². The quantitative estimate of drug-likeness (QED) is 0.770. The first-order valence-electron chi connectivity index (χ1n) is 6.24. The second-order valence-electron chi connectivity index (χ2n) is 4.66. The number of rotatable bonds is 7. The lowest BCUT2D eigenvalue weighted by atomic mass is 10.2. The SMILES string of the molecule is CO[C@@H]1CN[C@@H](c2nc(COCC(F)(F)C(F)F)no2)C1. The third kappa shape index (κ3) is 4.11. The molecule has 0 bridgehead atoms. The highest BCUT2D eigenvalue weighted by atomic mass is 19.3. The average molecular weight is 313 g/mol. The van der Waals surface area contributed by atoms with Crippen molar-refractivity contribution >= 4 is 0 Å². The summed E-state index contributed by atoms with van der Waals surface area (Å²) in [5, 5.41) is 6.65. The summed E-state index contributed by atoms with van der Waals surface area (Å²) in [7, 11) is 1.59. The first-order chi connectivity index (χ1) is 9.92. The topological polar surface area (TPSA) is 69.4 Å². The van der Waals surface area contributed by atoms with Crippen LogP contribution in [0, 0.1) is 0 Å². The number of halogens is 4. The van der Waals surface area contributed by atoms with Gasteiger partial charge in [0.15, 0.2) is 5.82 Å². The molecule has 1 fully saturated rings. The van der Waals surface area contributed by atoms with Crippen LogP contribution in [0.4, 0.5) is 17.6 Å². The Kier molecular flexibility index (Phi) is 5.12. The Morgan fingerprint density at radius 2 is 2.24 bits per heavy atom. The summed E-state index contributed by atoms with van der Waals surface area (Å²) < 4.78 is 63.7. The summed E-state index contributed by atoms with van der Waals surface area (Å²) in [6.45, 7) is -1.19. The van der Waals surface area contributed by atoms with Crippen LogP contribution in [0.25, 0.3) is 0 Å². The zero-order chi connectivity index (χ0) is 15.5. The van der Waals surface area contributed by atoms with Gasteiger partial charge < -0.3 is 19.3 Å². The van der Waals surface area contributed by atoms with Crippen LogP contribution in [0.3, 0.4) is 0 Å². The lowest BCUT2D eigenvalue weighted by molar-refractivity contribution is -0.168. The lowest BCUT2D eigenvalue weighted by Crippen LogP contribution is -2.32. The summed E-state index contributed by atoms with van der Waals surface area (Å²) in [6, 6.07) is -0.182. The minimum absolute atomic E-state index is 0.0257. The van der Waals surface area contributed by atoms with Gasteiger partial charge in [-0.15, -0.1) is 0 Å². The van der Waals surface area contributed by atoms with Gasteiger partial charge in [-0.1, -0.05) is 5.16 Å². The first-order valence-corrected chi connectivity index (χ1v) is 6.24. The van der Waals surface area contributed by atoms with E-state index in [0.29, 0.717) is 13.0 Å². The molecule has 0 spiro atoms. The van der Waals surface area contributed by atoms with Gasteiger partial charge in [-0.05, 0) is 6.42 Å². The van der Waals surface area contributed by atoms with Crippen molar-refractivity contribution in [3.63, 3.8) is 0 Å². The van der Waals surface area contributed by atoms with E-state index in [1.165, 1.54) is 0 Å². The minimum Gasteiger partial charge on any atom is -0.380 e. The van der Waals surface area contributed by atoms with E-state index < -0.39 is 25.6 Å². The Morgan fingerprint density at radius 1 is 1.48 bits per heavy atom. The smallest absolute Gasteiger partial charge is 0.330 e. The summed E-state index contributed by atoms with van der Waals surface area (Å²) in [6.07, 6.45) is -3.10. The molecular weight excluding hydrogens is 298 g/mol. The Balaban J connectivity index is 1.81. The van der Waals surface area contributed by atoms with E-state index in [4.69, 9.17) is 9.26 Å². The largest absolute Gasteiger partial charge is 0.380 e. The summed E-state index contributed by atoms with van der Waals surface area (Å²) in [5.74, 6) is -3.88. The maximum Gasteiger partial charge on any atom is 0.330 e. The standard InChI is InChI=1S/C11H15F4N3O3/c1-19-6-2-7(16-3-6)9-17-8(18-21-9)4-20-5-11(14,15)10(12)13/h6-7,10,16H,2-5H2,1H3/t6-,7+/m0/s1. The number of methoxy groups -OCH3 is 1. The van der Waals surface area contributed by atoms with Gasteiger partial charge in [0.1, 0.15) is 13.2 Å². The third-order valence-corrected chi connectivity index (χ3v) is 3.05. The van der Waals surface area contributed by atoms with E-state index in [-0.39, 0.29) is 23.9 Å². The number of hydrogen-bond acceptors (Lipinski definition) is 6. The fourth-order valence-electron chi connectivity index (χ4n) is 1.88. The van der Waals surface area contributed by atoms with Gasteiger partial charge in [-0.3, -0.25) is 0 Å². The highest BCUT2D eigenvalue weighted by Crippen LogP contribution is 2.24. The van der Waals surface area contributed by atoms with Crippen LogP contribution in [0.2, 0.25) is 0 Å². The molecule has 120 valence electrons. The van der Waals surface area contributed by atoms with E-state index in [1.807, 2.05) is 0 Å². The normalized spacial score (nSPS) is 23.1. The van der Waals surface area contributed by atoms with Crippen molar-refractivity contribution in [2.75, 3.05) is 20.3 Å². The molecule has 0 unspecified atom stereocenters. The van der Waals surface area contributed by atoms with Gasteiger partial charge in [0.05, 0.1) is 12.1 Å². The molecule has 1 aromatic rings. The molecule has 1 aliphatic heterocycles. The fraction of sp³-hybridized carbons (Fsp3) is 0.818. The number of nitrogens with zero attached hydrogens (tertiary/aromatic N) is 2. The van der Waals surface area contributed by atoms with Crippen LogP contribution in [0.1, 0.15) is 24.2 Å². The fourth-order valence-corrected chi connectivity index (χ4v) is 1.88. The monoisotopic (exact) mass is 313 g/mol. The van der Waals surface area contributed by atoms with Crippen LogP contribution in [0.5, 0.6) is 0 Å². The van der Waals surface area contributed by atoms with Gasteiger partial charge in [0, 0.05) is 13.7 Å². The molecule has 2 rings (SSSR count). The van der Waals surface area contributed by atoms with E-state index >= 15 is 0 Å². The third-order valence-electron chi connectivity index (χ3n) is 3.05. The summed E-state index contributed by atoms with van der Waals surface area (Å²) in [4.78, 5) is 3.97. The van der Waals surface area contributed by atoms with Crippen molar-refractivity contribution in [2.45, 2.75) is 37.5 Å². The molecule has 1 N–H and O–H groups in total. The van der Waals surface area contributed by atoms with E-state index in [9.17, 15) is 17.6 Å². The van der Waals surface area contributed by atoms with Crippen LogP contribution < -0.4 is 5.32 Å². The molecule has 2 heterocycles. The van der Waals surface area contributed by atoms with Crippen molar-refractivity contribution < 1.29 is 31.6 Å². The molecule has 10 heteroatoms. The molecule has 2 atom stereocenters. The Hall–Kier alpha value is -1.26. The Bertz CT molecular complexity index is 458. The second kappa shape index (κ2) is 6.67. The molecular formula is C11H15F4N3O3. The number of alkyl halides is 4. The van der Waals surface area contributed by atoms with Crippen molar-refractivity contribution in [1.29, 1.82) is 0 Å².